The number of rotatable bonds is 5. The molecule has 0 saturated heterocycles. The van der Waals surface area contributed by atoms with Crippen LogP contribution in [0.25, 0.3) is 0 Å². The van der Waals surface area contributed by atoms with Crippen molar-refractivity contribution in [1.29, 1.82) is 0 Å². The molecule has 0 aromatic rings. The lowest BCUT2D eigenvalue weighted by Crippen LogP contribution is -2.35. The van der Waals surface area contributed by atoms with E-state index in [4.69, 9.17) is 0 Å². The maximum atomic E-state index is 13.0. The molecule has 180 valence electrons. The van der Waals surface area contributed by atoms with Crippen molar-refractivity contribution in [2.45, 2.75) is 144 Å². The van der Waals surface area contributed by atoms with Gasteiger partial charge in [-0.25, -0.2) is 0 Å². The van der Waals surface area contributed by atoms with Gasteiger partial charge in [-0.05, 0) is 21.9 Å². The molecular weight excluding hydrogens is 422 g/mol. The Morgan fingerprint density at radius 3 is 1.10 bits per heavy atom. The normalized spacial score (nSPS) is 16.1. The summed E-state index contributed by atoms with van der Waals surface area (Å²) in [5.41, 5.74) is 0.328. The van der Waals surface area contributed by atoms with Gasteiger partial charge in [-0.1, -0.05) is 131 Å². The maximum Gasteiger partial charge on any atom is 0.0926 e. The summed E-state index contributed by atoms with van der Waals surface area (Å²) in [5.74, 6) is 2.50. The van der Waals surface area contributed by atoms with E-state index < -0.39 is 23.3 Å². The van der Waals surface area contributed by atoms with Gasteiger partial charge in [-0.3, -0.25) is 0 Å². The summed E-state index contributed by atoms with van der Waals surface area (Å²) >= 11 is 0. The molecule has 0 rings (SSSR count). The molecule has 1 nitrogen and oxygen atoms in total. The van der Waals surface area contributed by atoms with Crippen LogP contribution in [0.3, 0.4) is 0 Å². The molecule has 1 atom stereocenters. The molecule has 0 N–H and O–H groups in total. The zero-order chi connectivity index (χ0) is 23.6. The minimum Gasteiger partial charge on any atom is -0.323 e. The van der Waals surface area contributed by atoms with E-state index in [2.05, 4.69) is 115 Å². The molecule has 0 aromatic carbocycles. The molecule has 0 aliphatic carbocycles. The molecule has 0 saturated carbocycles. The standard InChI is InChI=1S/C12H29PSi.C11H27OPSi.CH4/c1-11(2,3)13(12(4,5)6)10-14(7,8)9;1-10(2)13(12,11(3,4)5)9-14(6,7)8;/h10H2,1-9H3;10H,9H2,1-8H3;1H4. The van der Waals surface area contributed by atoms with Gasteiger partial charge in [-0.15, -0.1) is 0 Å². The Morgan fingerprint density at radius 2 is 1.03 bits per heavy atom. The second-order valence-electron chi connectivity index (χ2n) is 14.3. The van der Waals surface area contributed by atoms with E-state index in [0.717, 1.165) is 5.79 Å². The summed E-state index contributed by atoms with van der Waals surface area (Å²) in [4.78, 5) is 0. The minimum absolute atomic E-state index is 0. The quantitative estimate of drug-likeness (QED) is 0.281. The fraction of sp³-hybridized carbons (Fsp3) is 1.00. The Labute approximate surface area is 191 Å². The molecule has 0 spiro atoms. The van der Waals surface area contributed by atoms with Crippen molar-refractivity contribution >= 4 is 31.2 Å². The van der Waals surface area contributed by atoms with Crippen LogP contribution in [0.5, 0.6) is 0 Å². The molecule has 0 aliphatic rings. The van der Waals surface area contributed by atoms with Gasteiger partial charge in [0.2, 0.25) is 0 Å². The lowest BCUT2D eigenvalue weighted by atomic mass is 10.2. The third kappa shape index (κ3) is 14.0. The molecule has 0 aliphatic heterocycles. The first-order chi connectivity index (χ1) is 11.7. The highest BCUT2D eigenvalue weighted by atomic mass is 31.2. The fourth-order valence-corrected chi connectivity index (χ4v) is 24.0. The van der Waals surface area contributed by atoms with Gasteiger partial charge in [0.15, 0.2) is 0 Å². The Bertz CT molecular complexity index is 493. The molecular formula is C24H60OP2Si2. The van der Waals surface area contributed by atoms with Crippen molar-refractivity contribution in [3.63, 3.8) is 0 Å². The van der Waals surface area contributed by atoms with Crippen LogP contribution in [0, 0.1) is 0 Å². The zero-order valence-corrected chi connectivity index (χ0v) is 26.6. The lowest BCUT2D eigenvalue weighted by Gasteiger charge is -2.44. The third-order valence-corrected chi connectivity index (χ3v) is 22.8. The first-order valence-corrected chi connectivity index (χ1v) is 22.0. The highest BCUT2D eigenvalue weighted by Gasteiger charge is 2.42. The van der Waals surface area contributed by atoms with E-state index in [1.807, 2.05) is 0 Å². The average molecular weight is 483 g/mol. The van der Waals surface area contributed by atoms with Crippen LogP contribution in [0.15, 0.2) is 0 Å². The molecule has 0 aromatic heterocycles. The lowest BCUT2D eigenvalue weighted by molar-refractivity contribution is 0.543. The van der Waals surface area contributed by atoms with Gasteiger partial charge in [0, 0.05) is 18.9 Å². The summed E-state index contributed by atoms with van der Waals surface area (Å²) in [7, 11) is -4.04. The van der Waals surface area contributed by atoms with Crippen molar-refractivity contribution in [3.8, 4) is 0 Å². The van der Waals surface area contributed by atoms with Crippen LogP contribution < -0.4 is 0 Å². The Morgan fingerprint density at radius 1 is 0.724 bits per heavy atom. The highest BCUT2D eigenvalue weighted by molar-refractivity contribution is 7.68. The average Bonchev–Trinajstić information content (AvgIpc) is 2.29. The summed E-state index contributed by atoms with van der Waals surface area (Å²) in [6.07, 6.45) is 0. The second-order valence-corrected chi connectivity index (χ2v) is 34.5. The first-order valence-electron chi connectivity index (χ1n) is 11.1. The van der Waals surface area contributed by atoms with Gasteiger partial charge < -0.3 is 4.57 Å². The van der Waals surface area contributed by atoms with E-state index in [-0.39, 0.29) is 20.5 Å². The van der Waals surface area contributed by atoms with Crippen LogP contribution in [-0.4, -0.2) is 48.8 Å². The Balaban J connectivity index is -0.000000451. The van der Waals surface area contributed by atoms with Crippen LogP contribution in [0.4, 0.5) is 0 Å². The summed E-state index contributed by atoms with van der Waals surface area (Å²) < 4.78 is 13.0. The molecule has 0 bridgehead atoms. The number of hydrogen-bond donors (Lipinski definition) is 0. The maximum absolute atomic E-state index is 13.0. The largest absolute Gasteiger partial charge is 0.323 e. The first kappa shape index (κ1) is 34.7. The van der Waals surface area contributed by atoms with Crippen LogP contribution in [-0.2, 0) is 4.57 Å². The molecule has 0 fully saturated rings. The van der Waals surface area contributed by atoms with Gasteiger partial charge in [-0.2, -0.15) is 0 Å². The fourth-order valence-electron chi connectivity index (χ4n) is 3.85. The van der Waals surface area contributed by atoms with E-state index in [1.165, 1.54) is 5.79 Å². The third-order valence-electron chi connectivity index (χ3n) is 4.93. The van der Waals surface area contributed by atoms with E-state index in [0.29, 0.717) is 16.0 Å². The minimum atomic E-state index is -2.03. The SMILES string of the molecule is C.CC(C)(C)P(C[Si](C)(C)C)C(C)(C)C.CC(C)P(=O)(C[Si](C)(C)C)C(C)(C)C. The molecule has 0 radical (unpaired) electrons. The molecule has 1 unspecified atom stereocenters. The van der Waals surface area contributed by atoms with Crippen molar-refractivity contribution in [2.24, 2.45) is 0 Å². The van der Waals surface area contributed by atoms with Crippen molar-refractivity contribution < 1.29 is 4.57 Å². The van der Waals surface area contributed by atoms with Crippen molar-refractivity contribution in [1.82, 2.24) is 0 Å². The highest BCUT2D eigenvalue weighted by Crippen LogP contribution is 2.62. The molecule has 29 heavy (non-hydrogen) atoms. The topological polar surface area (TPSA) is 17.1 Å². The summed E-state index contributed by atoms with van der Waals surface area (Å²) in [6, 6.07) is 0. The molecule has 0 heterocycles. The predicted molar refractivity (Wildman–Crippen MR) is 152 cm³/mol. The van der Waals surface area contributed by atoms with Crippen LogP contribution in [0.2, 0.25) is 39.3 Å². The smallest absolute Gasteiger partial charge is 0.0926 e. The second kappa shape index (κ2) is 11.3. The predicted octanol–water partition coefficient (Wildman–Crippen LogP) is 10.0. The molecule has 0 amide bonds. The summed E-state index contributed by atoms with van der Waals surface area (Å²) in [5, 5.41) is 0.989. The number of hydrogen-bond acceptors (Lipinski definition) is 1. The monoisotopic (exact) mass is 482 g/mol. The van der Waals surface area contributed by atoms with Gasteiger partial charge in [0.1, 0.15) is 0 Å². The van der Waals surface area contributed by atoms with Gasteiger partial charge in [0.05, 0.1) is 15.2 Å². The van der Waals surface area contributed by atoms with Crippen molar-refractivity contribution in [3.05, 3.63) is 0 Å². The van der Waals surface area contributed by atoms with E-state index >= 15 is 0 Å². The molecule has 5 heteroatoms. The van der Waals surface area contributed by atoms with Crippen molar-refractivity contribution in [2.75, 3.05) is 11.6 Å². The van der Waals surface area contributed by atoms with Crippen LogP contribution in [0.1, 0.15) is 83.6 Å². The summed E-state index contributed by atoms with van der Waals surface area (Å²) in [6.45, 7) is 39.6. The van der Waals surface area contributed by atoms with Gasteiger partial charge in [0.25, 0.3) is 0 Å². The zero-order valence-electron chi connectivity index (χ0n) is 22.8. The Kier molecular flexibility index (Phi) is 13.5. The van der Waals surface area contributed by atoms with Crippen LogP contribution >= 0.6 is 15.1 Å². The van der Waals surface area contributed by atoms with E-state index in [9.17, 15) is 4.57 Å². The Hall–Kier alpha value is 1.09. The van der Waals surface area contributed by atoms with Gasteiger partial charge >= 0.3 is 0 Å². The van der Waals surface area contributed by atoms with E-state index in [1.54, 1.807) is 0 Å².